The van der Waals surface area contributed by atoms with Crippen molar-refractivity contribution < 1.29 is 17.9 Å². The van der Waals surface area contributed by atoms with Crippen LogP contribution < -0.4 is 4.90 Å². The van der Waals surface area contributed by atoms with Gasteiger partial charge in [-0.25, -0.2) is 4.98 Å². The average molecular weight is 280 g/mol. The van der Waals surface area contributed by atoms with Crippen LogP contribution in [0.3, 0.4) is 0 Å². The molecular weight excluding hydrogens is 265 g/mol. The topological polar surface area (TPSA) is 25.4 Å². The summed E-state index contributed by atoms with van der Waals surface area (Å²) in [6.45, 7) is 5.66. The molecule has 1 saturated heterocycles. The molecular formula is C11H15F3N2OS. The maximum Gasteiger partial charge on any atom is 0.434 e. The van der Waals surface area contributed by atoms with E-state index >= 15 is 0 Å². The first-order valence-electron chi connectivity index (χ1n) is 5.76. The summed E-state index contributed by atoms with van der Waals surface area (Å²) in [6.07, 6.45) is -3.55. The highest BCUT2D eigenvalue weighted by atomic mass is 32.1. The Labute approximate surface area is 108 Å². The summed E-state index contributed by atoms with van der Waals surface area (Å²) >= 11 is 1.03. The Morgan fingerprint density at radius 1 is 1.56 bits per heavy atom. The van der Waals surface area contributed by atoms with Crippen LogP contribution in [0.15, 0.2) is 5.38 Å². The maximum absolute atomic E-state index is 12.5. The van der Waals surface area contributed by atoms with E-state index in [0.717, 1.165) is 23.1 Å². The van der Waals surface area contributed by atoms with Crippen LogP contribution in [-0.4, -0.2) is 30.3 Å². The minimum Gasteiger partial charge on any atom is -0.372 e. The standard InChI is InChI=1S/C11H15F3N2OS/c1-3-10(2)7-16(4-5-17-10)9-15-8(6-18-9)11(12,13)14/h6H,3-5,7H2,1-2H3. The lowest BCUT2D eigenvalue weighted by molar-refractivity contribution is -0.140. The highest BCUT2D eigenvalue weighted by Gasteiger charge is 2.36. The molecule has 1 aromatic heterocycles. The first-order chi connectivity index (χ1) is 8.34. The second-order valence-electron chi connectivity index (χ2n) is 4.59. The number of morpholine rings is 1. The van der Waals surface area contributed by atoms with Gasteiger partial charge in [-0.3, -0.25) is 0 Å². The molecule has 0 spiro atoms. The smallest absolute Gasteiger partial charge is 0.372 e. The molecule has 102 valence electrons. The van der Waals surface area contributed by atoms with Crippen molar-refractivity contribution in [3.05, 3.63) is 11.1 Å². The molecule has 0 aliphatic carbocycles. The zero-order chi connectivity index (χ0) is 13.4. The molecule has 0 N–H and O–H groups in total. The van der Waals surface area contributed by atoms with Crippen LogP contribution >= 0.6 is 11.3 Å². The zero-order valence-electron chi connectivity index (χ0n) is 10.3. The number of rotatable bonds is 2. The van der Waals surface area contributed by atoms with Gasteiger partial charge in [-0.2, -0.15) is 13.2 Å². The summed E-state index contributed by atoms with van der Waals surface area (Å²) in [5.41, 5.74) is -1.12. The largest absolute Gasteiger partial charge is 0.434 e. The normalized spacial score (nSPS) is 25.5. The van der Waals surface area contributed by atoms with Gasteiger partial charge < -0.3 is 9.64 Å². The van der Waals surface area contributed by atoms with Crippen molar-refractivity contribution in [2.45, 2.75) is 32.0 Å². The van der Waals surface area contributed by atoms with Gasteiger partial charge >= 0.3 is 6.18 Å². The molecule has 2 heterocycles. The van der Waals surface area contributed by atoms with Gasteiger partial charge in [-0.15, -0.1) is 11.3 Å². The Morgan fingerprint density at radius 2 is 2.28 bits per heavy atom. The third-order valence-corrected chi connectivity index (χ3v) is 4.04. The van der Waals surface area contributed by atoms with E-state index in [1.165, 1.54) is 0 Å². The highest BCUT2D eigenvalue weighted by molar-refractivity contribution is 7.13. The fourth-order valence-electron chi connectivity index (χ4n) is 1.85. The summed E-state index contributed by atoms with van der Waals surface area (Å²) < 4.78 is 43.1. The minimum absolute atomic E-state index is 0.303. The number of hydrogen-bond donors (Lipinski definition) is 0. The first-order valence-corrected chi connectivity index (χ1v) is 6.64. The monoisotopic (exact) mass is 280 g/mol. The van der Waals surface area contributed by atoms with E-state index in [1.54, 1.807) is 0 Å². The fraction of sp³-hybridized carbons (Fsp3) is 0.727. The Bertz CT molecular complexity index is 421. The molecule has 1 unspecified atom stereocenters. The summed E-state index contributed by atoms with van der Waals surface area (Å²) in [5, 5.41) is 1.49. The third-order valence-electron chi connectivity index (χ3n) is 3.14. The molecule has 7 heteroatoms. The molecule has 2 rings (SSSR count). The van der Waals surface area contributed by atoms with Gasteiger partial charge in [0.1, 0.15) is 0 Å². The number of aromatic nitrogens is 1. The van der Waals surface area contributed by atoms with Crippen LogP contribution in [0.2, 0.25) is 0 Å². The molecule has 0 aromatic carbocycles. The van der Waals surface area contributed by atoms with Crippen molar-refractivity contribution in [3.63, 3.8) is 0 Å². The maximum atomic E-state index is 12.5. The van der Waals surface area contributed by atoms with E-state index in [0.29, 0.717) is 24.8 Å². The molecule has 1 fully saturated rings. The number of alkyl halides is 3. The van der Waals surface area contributed by atoms with Gasteiger partial charge in [0.15, 0.2) is 10.8 Å². The predicted octanol–water partition coefficient (Wildman–Crippen LogP) is 3.17. The lowest BCUT2D eigenvalue weighted by Gasteiger charge is -2.39. The van der Waals surface area contributed by atoms with Crippen molar-refractivity contribution in [1.29, 1.82) is 0 Å². The van der Waals surface area contributed by atoms with Gasteiger partial charge in [0.2, 0.25) is 0 Å². The molecule has 1 aromatic rings. The Balaban J connectivity index is 2.14. The molecule has 18 heavy (non-hydrogen) atoms. The second kappa shape index (κ2) is 4.70. The fourth-order valence-corrected chi connectivity index (χ4v) is 2.71. The lowest BCUT2D eigenvalue weighted by Crippen LogP contribution is -2.49. The molecule has 1 aliphatic rings. The summed E-state index contributed by atoms with van der Waals surface area (Å²) in [4.78, 5) is 5.54. The molecule has 0 saturated carbocycles. The van der Waals surface area contributed by atoms with Crippen molar-refractivity contribution >= 4 is 16.5 Å². The number of halogens is 3. The quantitative estimate of drug-likeness (QED) is 0.832. The summed E-state index contributed by atoms with van der Waals surface area (Å²) in [7, 11) is 0. The number of anilines is 1. The third kappa shape index (κ3) is 2.77. The molecule has 1 atom stereocenters. The van der Waals surface area contributed by atoms with Gasteiger partial charge in [-0.1, -0.05) is 6.92 Å². The molecule has 3 nitrogen and oxygen atoms in total. The summed E-state index contributed by atoms with van der Waals surface area (Å²) in [6, 6.07) is 0. The van der Waals surface area contributed by atoms with Gasteiger partial charge in [-0.05, 0) is 13.3 Å². The van der Waals surface area contributed by atoms with Gasteiger partial charge in [0.25, 0.3) is 0 Å². The lowest BCUT2D eigenvalue weighted by atomic mass is 10.0. The van der Waals surface area contributed by atoms with Crippen LogP contribution in [0.1, 0.15) is 26.0 Å². The Morgan fingerprint density at radius 3 is 2.83 bits per heavy atom. The second-order valence-corrected chi connectivity index (χ2v) is 5.42. The number of thiazole rings is 1. The van der Waals surface area contributed by atoms with E-state index in [9.17, 15) is 13.2 Å². The van der Waals surface area contributed by atoms with Crippen LogP contribution in [0.4, 0.5) is 18.3 Å². The van der Waals surface area contributed by atoms with E-state index < -0.39 is 11.9 Å². The van der Waals surface area contributed by atoms with E-state index in [1.807, 2.05) is 18.7 Å². The first kappa shape index (κ1) is 13.6. The van der Waals surface area contributed by atoms with Crippen LogP contribution in [0, 0.1) is 0 Å². The zero-order valence-corrected chi connectivity index (χ0v) is 11.1. The van der Waals surface area contributed by atoms with Crippen molar-refractivity contribution in [1.82, 2.24) is 4.98 Å². The SMILES string of the molecule is CCC1(C)CN(c2nc(C(F)(F)F)cs2)CCO1. The van der Waals surface area contributed by atoms with Crippen LogP contribution in [-0.2, 0) is 10.9 Å². The van der Waals surface area contributed by atoms with E-state index in [-0.39, 0.29) is 5.60 Å². The van der Waals surface area contributed by atoms with Gasteiger partial charge in [0, 0.05) is 18.5 Å². The van der Waals surface area contributed by atoms with Crippen molar-refractivity contribution in [3.8, 4) is 0 Å². The summed E-state index contributed by atoms with van der Waals surface area (Å²) in [5.74, 6) is 0. The predicted molar refractivity (Wildman–Crippen MR) is 64.0 cm³/mol. The van der Waals surface area contributed by atoms with Crippen LogP contribution in [0.5, 0.6) is 0 Å². The highest BCUT2D eigenvalue weighted by Crippen LogP contribution is 2.34. The Kier molecular flexibility index (Phi) is 3.55. The van der Waals surface area contributed by atoms with E-state index in [2.05, 4.69) is 4.98 Å². The average Bonchev–Trinajstić information content (AvgIpc) is 2.78. The Hall–Kier alpha value is -0.820. The molecule has 1 aliphatic heterocycles. The van der Waals surface area contributed by atoms with Gasteiger partial charge in [0.05, 0.1) is 12.2 Å². The number of hydrogen-bond acceptors (Lipinski definition) is 4. The van der Waals surface area contributed by atoms with Crippen molar-refractivity contribution in [2.24, 2.45) is 0 Å². The number of ether oxygens (including phenoxy) is 1. The molecule has 0 radical (unpaired) electrons. The van der Waals surface area contributed by atoms with Crippen molar-refractivity contribution in [2.75, 3.05) is 24.6 Å². The van der Waals surface area contributed by atoms with Crippen LogP contribution in [0.25, 0.3) is 0 Å². The van der Waals surface area contributed by atoms with E-state index in [4.69, 9.17) is 4.74 Å². The molecule has 0 bridgehead atoms. The molecule has 0 amide bonds. The minimum atomic E-state index is -4.37. The number of nitrogens with zero attached hydrogens (tertiary/aromatic N) is 2.